The third-order valence-electron chi connectivity index (χ3n) is 2.97. The fourth-order valence-corrected chi connectivity index (χ4v) is 2.26. The van der Waals surface area contributed by atoms with Crippen molar-refractivity contribution in [3.63, 3.8) is 0 Å². The highest BCUT2D eigenvalue weighted by molar-refractivity contribution is 7.80. The second kappa shape index (κ2) is 5.88. The zero-order valence-corrected chi connectivity index (χ0v) is 12.0. The molecule has 0 aliphatic carbocycles. The molecule has 0 atom stereocenters. The van der Waals surface area contributed by atoms with Crippen molar-refractivity contribution in [1.82, 2.24) is 0 Å². The molecule has 2 aromatic carbocycles. The molecule has 0 bridgehead atoms. The molecule has 0 radical (unpaired) electrons. The van der Waals surface area contributed by atoms with E-state index in [0.29, 0.717) is 11.3 Å². The van der Waals surface area contributed by atoms with E-state index >= 15 is 0 Å². The summed E-state index contributed by atoms with van der Waals surface area (Å²) < 4.78 is 12.9. The van der Waals surface area contributed by atoms with Crippen LogP contribution in [0.1, 0.15) is 21.5 Å². The van der Waals surface area contributed by atoms with Gasteiger partial charge in [-0.1, -0.05) is 24.4 Å². The van der Waals surface area contributed by atoms with Crippen molar-refractivity contribution >= 4 is 28.8 Å². The molecule has 0 saturated carbocycles. The van der Waals surface area contributed by atoms with Gasteiger partial charge in [-0.2, -0.15) is 0 Å². The van der Waals surface area contributed by atoms with Gasteiger partial charge in [0.15, 0.2) is 0 Å². The van der Waals surface area contributed by atoms with Gasteiger partial charge < -0.3 is 16.2 Å². The van der Waals surface area contributed by atoms with Crippen LogP contribution in [-0.4, -0.2) is 16.0 Å². The lowest BCUT2D eigenvalue weighted by molar-refractivity contribution is 0.102. The van der Waals surface area contributed by atoms with Gasteiger partial charge in [0.05, 0.1) is 11.3 Å². The van der Waals surface area contributed by atoms with Gasteiger partial charge in [0.1, 0.15) is 16.6 Å². The molecule has 2 aromatic rings. The molecule has 0 spiro atoms. The van der Waals surface area contributed by atoms with E-state index < -0.39 is 17.5 Å². The predicted octanol–water partition coefficient (Wildman–Crippen LogP) is 2.73. The summed E-state index contributed by atoms with van der Waals surface area (Å²) in [7, 11) is 0. The summed E-state index contributed by atoms with van der Waals surface area (Å²) in [4.78, 5) is 12.3. The number of thiocarbonyl (C=S) groups is 1. The number of hydrogen-bond donors (Lipinski definition) is 3. The number of hydrogen-bond acceptors (Lipinski definition) is 3. The van der Waals surface area contributed by atoms with E-state index in [0.717, 1.165) is 17.7 Å². The molecule has 108 valence electrons. The number of benzene rings is 2. The molecule has 21 heavy (non-hydrogen) atoms. The van der Waals surface area contributed by atoms with Crippen molar-refractivity contribution in [3.8, 4) is 5.75 Å². The Labute approximate surface area is 126 Å². The second-order valence-corrected chi connectivity index (χ2v) is 4.92. The Bertz CT molecular complexity index is 732. The van der Waals surface area contributed by atoms with Gasteiger partial charge >= 0.3 is 0 Å². The third-order valence-corrected chi connectivity index (χ3v) is 3.18. The lowest BCUT2D eigenvalue weighted by Gasteiger charge is -2.13. The van der Waals surface area contributed by atoms with Crippen LogP contribution in [0.25, 0.3) is 0 Å². The molecule has 0 saturated heterocycles. The predicted molar refractivity (Wildman–Crippen MR) is 83.1 cm³/mol. The van der Waals surface area contributed by atoms with Crippen LogP contribution in [0.5, 0.6) is 5.75 Å². The Kier molecular flexibility index (Phi) is 4.18. The minimum Gasteiger partial charge on any atom is -0.507 e. The third kappa shape index (κ3) is 3.17. The van der Waals surface area contributed by atoms with Gasteiger partial charge in [0.25, 0.3) is 5.91 Å². The summed E-state index contributed by atoms with van der Waals surface area (Å²) in [6, 6.07) is 8.39. The van der Waals surface area contributed by atoms with Crippen LogP contribution in [0.2, 0.25) is 0 Å². The van der Waals surface area contributed by atoms with Crippen molar-refractivity contribution in [2.45, 2.75) is 6.92 Å². The van der Waals surface area contributed by atoms with Crippen LogP contribution in [0.4, 0.5) is 10.1 Å². The monoisotopic (exact) mass is 304 g/mol. The summed E-state index contributed by atoms with van der Waals surface area (Å²) >= 11 is 4.98. The average molecular weight is 304 g/mol. The topological polar surface area (TPSA) is 75.3 Å². The molecule has 0 aromatic heterocycles. The number of nitrogens with two attached hydrogens (primary N) is 1. The van der Waals surface area contributed by atoms with Gasteiger partial charge in [0, 0.05) is 11.6 Å². The first-order chi connectivity index (χ1) is 9.90. The molecule has 4 nitrogen and oxygen atoms in total. The summed E-state index contributed by atoms with van der Waals surface area (Å²) in [5, 5.41) is 12.2. The Morgan fingerprint density at radius 1 is 1.33 bits per heavy atom. The molecule has 6 heteroatoms. The van der Waals surface area contributed by atoms with Crippen molar-refractivity contribution in [3.05, 3.63) is 58.9 Å². The fraction of sp³-hybridized carbons (Fsp3) is 0.0667. The second-order valence-electron chi connectivity index (χ2n) is 4.48. The molecular formula is C15H13FN2O2S. The number of phenols is 1. The first kappa shape index (κ1) is 14.9. The summed E-state index contributed by atoms with van der Waals surface area (Å²) in [5.41, 5.74) is 7.45. The standard InChI is InChI=1S/C15H13FN2O2S/c1-8-3-2-4-11(13(8)14(17)21)18-15(20)10-6-5-9(16)7-12(10)19/h2-7,19H,1H3,(H2,17,21)(H,18,20). The molecule has 0 aliphatic rings. The van der Waals surface area contributed by atoms with Crippen LogP contribution >= 0.6 is 12.2 Å². The molecule has 1 amide bonds. The molecule has 4 N–H and O–H groups in total. The quantitative estimate of drug-likeness (QED) is 0.762. The largest absolute Gasteiger partial charge is 0.507 e. The number of aromatic hydroxyl groups is 1. The minimum absolute atomic E-state index is 0.0354. The number of phenolic OH excluding ortho intramolecular Hbond substituents is 1. The van der Waals surface area contributed by atoms with E-state index in [1.165, 1.54) is 6.07 Å². The maximum absolute atomic E-state index is 12.9. The van der Waals surface area contributed by atoms with Crippen LogP contribution in [0, 0.1) is 12.7 Å². The number of rotatable bonds is 3. The zero-order chi connectivity index (χ0) is 15.6. The molecule has 0 aliphatic heterocycles. The number of aryl methyl sites for hydroxylation is 1. The number of halogens is 1. The number of anilines is 1. The molecular weight excluding hydrogens is 291 g/mol. The number of carbonyl (C=O) groups is 1. The zero-order valence-electron chi connectivity index (χ0n) is 11.2. The van der Waals surface area contributed by atoms with Crippen molar-refractivity contribution in [1.29, 1.82) is 0 Å². The van der Waals surface area contributed by atoms with E-state index in [2.05, 4.69) is 5.32 Å². The molecule has 2 rings (SSSR count). The van der Waals surface area contributed by atoms with Crippen molar-refractivity contribution < 1.29 is 14.3 Å². The number of amides is 1. The maximum atomic E-state index is 12.9. The van der Waals surface area contributed by atoms with Gasteiger partial charge in [-0.15, -0.1) is 0 Å². The highest BCUT2D eigenvalue weighted by Crippen LogP contribution is 2.23. The van der Waals surface area contributed by atoms with E-state index in [1.807, 2.05) is 13.0 Å². The summed E-state index contributed by atoms with van der Waals surface area (Å²) in [6.07, 6.45) is 0. The molecule has 0 heterocycles. The van der Waals surface area contributed by atoms with Crippen molar-refractivity contribution in [2.24, 2.45) is 5.73 Å². The fourth-order valence-electron chi connectivity index (χ4n) is 1.99. The van der Waals surface area contributed by atoms with E-state index in [1.54, 1.807) is 12.1 Å². The molecule has 0 fully saturated rings. The first-order valence-corrected chi connectivity index (χ1v) is 6.50. The SMILES string of the molecule is Cc1cccc(NC(=O)c2ccc(F)cc2O)c1C(N)=S. The van der Waals surface area contributed by atoms with Crippen LogP contribution in [0.15, 0.2) is 36.4 Å². The van der Waals surface area contributed by atoms with Gasteiger partial charge in [-0.05, 0) is 30.7 Å². The van der Waals surface area contributed by atoms with Gasteiger partial charge in [-0.25, -0.2) is 4.39 Å². The Balaban J connectivity index is 2.36. The Morgan fingerprint density at radius 3 is 2.67 bits per heavy atom. The highest BCUT2D eigenvalue weighted by atomic mass is 32.1. The summed E-state index contributed by atoms with van der Waals surface area (Å²) in [5.74, 6) is -1.63. The smallest absolute Gasteiger partial charge is 0.259 e. The van der Waals surface area contributed by atoms with E-state index in [-0.39, 0.29) is 10.6 Å². The van der Waals surface area contributed by atoms with Crippen molar-refractivity contribution in [2.75, 3.05) is 5.32 Å². The normalized spacial score (nSPS) is 10.2. The first-order valence-electron chi connectivity index (χ1n) is 6.09. The van der Waals surface area contributed by atoms with Crippen LogP contribution in [-0.2, 0) is 0 Å². The van der Waals surface area contributed by atoms with Gasteiger partial charge in [0.2, 0.25) is 0 Å². The molecule has 0 unspecified atom stereocenters. The number of nitrogens with one attached hydrogen (secondary N) is 1. The lowest BCUT2D eigenvalue weighted by atomic mass is 10.1. The average Bonchev–Trinajstić information content (AvgIpc) is 2.37. The highest BCUT2D eigenvalue weighted by Gasteiger charge is 2.15. The lowest BCUT2D eigenvalue weighted by Crippen LogP contribution is -2.18. The minimum atomic E-state index is -0.622. The van der Waals surface area contributed by atoms with Crippen LogP contribution < -0.4 is 11.1 Å². The van der Waals surface area contributed by atoms with Crippen LogP contribution in [0.3, 0.4) is 0 Å². The Hall–Kier alpha value is -2.47. The summed E-state index contributed by atoms with van der Waals surface area (Å²) in [6.45, 7) is 1.82. The Morgan fingerprint density at radius 2 is 2.05 bits per heavy atom. The maximum Gasteiger partial charge on any atom is 0.259 e. The number of carbonyl (C=O) groups excluding carboxylic acids is 1. The van der Waals surface area contributed by atoms with Gasteiger partial charge in [-0.3, -0.25) is 4.79 Å². The van der Waals surface area contributed by atoms with E-state index in [9.17, 15) is 14.3 Å². The van der Waals surface area contributed by atoms with E-state index in [4.69, 9.17) is 18.0 Å².